The van der Waals surface area contributed by atoms with Crippen molar-refractivity contribution in [3.8, 4) is 0 Å². The number of amides is 1. The van der Waals surface area contributed by atoms with E-state index >= 15 is 0 Å². The molecule has 1 aromatic heterocycles. The quantitative estimate of drug-likeness (QED) is 0.782. The molecule has 152 valence electrons. The van der Waals surface area contributed by atoms with Crippen molar-refractivity contribution >= 4 is 21.4 Å². The molecule has 0 spiro atoms. The summed E-state index contributed by atoms with van der Waals surface area (Å²) in [6, 6.07) is 6.35. The summed E-state index contributed by atoms with van der Waals surface area (Å²) in [6.45, 7) is 4.84. The number of rotatable bonds is 6. The second-order valence-electron chi connectivity index (χ2n) is 8.04. The van der Waals surface area contributed by atoms with Crippen LogP contribution in [-0.2, 0) is 16.4 Å². The van der Waals surface area contributed by atoms with Crippen molar-refractivity contribution in [1.29, 1.82) is 0 Å². The summed E-state index contributed by atoms with van der Waals surface area (Å²) in [7, 11) is -3.33. The number of benzene rings is 1. The molecule has 0 bridgehead atoms. The van der Waals surface area contributed by atoms with Crippen LogP contribution in [0, 0.1) is 5.92 Å². The Labute approximate surface area is 167 Å². The lowest BCUT2D eigenvalue weighted by Crippen LogP contribution is -2.23. The predicted octanol–water partition coefficient (Wildman–Crippen LogP) is 4.24. The number of aromatic nitrogens is 2. The number of nitrogens with one attached hydrogen (secondary N) is 1. The van der Waals surface area contributed by atoms with E-state index in [2.05, 4.69) is 10.4 Å². The van der Waals surface area contributed by atoms with Crippen molar-refractivity contribution in [3.63, 3.8) is 0 Å². The zero-order valence-electron chi connectivity index (χ0n) is 16.8. The van der Waals surface area contributed by atoms with Gasteiger partial charge in [-0.25, -0.2) is 8.42 Å². The fourth-order valence-electron chi connectivity index (χ4n) is 3.82. The van der Waals surface area contributed by atoms with Gasteiger partial charge in [-0.3, -0.25) is 9.48 Å². The molecule has 3 rings (SSSR count). The molecule has 0 radical (unpaired) electrons. The SMILES string of the molecule is CC(C)c1cnn(CC2CCCCC2)c1C(=O)Nc1cccc(S(C)(=O)=O)c1. The molecule has 6 nitrogen and oxygen atoms in total. The van der Waals surface area contributed by atoms with E-state index in [-0.39, 0.29) is 16.7 Å². The summed E-state index contributed by atoms with van der Waals surface area (Å²) in [4.78, 5) is 13.3. The Balaban J connectivity index is 1.86. The molecule has 1 aromatic carbocycles. The standard InChI is InChI=1S/C21H29N3O3S/c1-15(2)19-13-22-24(14-16-8-5-4-6-9-16)20(19)21(25)23-17-10-7-11-18(12-17)28(3,26)27/h7,10-13,15-16H,4-6,8-9,14H2,1-3H3,(H,23,25). The molecule has 1 saturated carbocycles. The van der Waals surface area contributed by atoms with Crippen LogP contribution in [0.3, 0.4) is 0 Å². The molecule has 2 aromatic rings. The molecular formula is C21H29N3O3S. The van der Waals surface area contributed by atoms with E-state index in [0.29, 0.717) is 17.3 Å². The number of anilines is 1. The monoisotopic (exact) mass is 403 g/mol. The van der Waals surface area contributed by atoms with Crippen LogP contribution < -0.4 is 5.32 Å². The second kappa shape index (κ2) is 8.47. The zero-order valence-corrected chi connectivity index (χ0v) is 17.6. The summed E-state index contributed by atoms with van der Waals surface area (Å²) in [5.74, 6) is 0.472. The average Bonchev–Trinajstić information content (AvgIpc) is 3.06. The molecule has 0 unspecified atom stereocenters. The van der Waals surface area contributed by atoms with Crippen molar-refractivity contribution in [2.45, 2.75) is 63.3 Å². The van der Waals surface area contributed by atoms with E-state index in [1.165, 1.54) is 44.2 Å². The molecule has 1 aliphatic rings. The number of carbonyl (C=O) groups is 1. The first-order chi connectivity index (χ1) is 13.3. The molecule has 1 aliphatic carbocycles. The van der Waals surface area contributed by atoms with Crippen LogP contribution >= 0.6 is 0 Å². The largest absolute Gasteiger partial charge is 0.321 e. The van der Waals surface area contributed by atoms with Gasteiger partial charge in [0.05, 0.1) is 11.1 Å². The topological polar surface area (TPSA) is 81.1 Å². The van der Waals surface area contributed by atoms with Crippen LogP contribution in [0.2, 0.25) is 0 Å². The Morgan fingerprint density at radius 2 is 1.96 bits per heavy atom. The lowest BCUT2D eigenvalue weighted by Gasteiger charge is -2.22. The Morgan fingerprint density at radius 3 is 2.61 bits per heavy atom. The van der Waals surface area contributed by atoms with Gasteiger partial charge in [-0.1, -0.05) is 39.2 Å². The van der Waals surface area contributed by atoms with Gasteiger partial charge in [0.2, 0.25) is 0 Å². The number of carbonyl (C=O) groups excluding carboxylic acids is 1. The first-order valence-electron chi connectivity index (χ1n) is 9.93. The Morgan fingerprint density at radius 1 is 1.25 bits per heavy atom. The number of hydrogen-bond acceptors (Lipinski definition) is 4. The molecule has 1 amide bonds. The van der Waals surface area contributed by atoms with Gasteiger partial charge in [0.25, 0.3) is 5.91 Å². The van der Waals surface area contributed by atoms with Crippen LogP contribution in [0.4, 0.5) is 5.69 Å². The minimum atomic E-state index is -3.33. The Hall–Kier alpha value is -2.15. The highest BCUT2D eigenvalue weighted by Crippen LogP contribution is 2.27. The molecule has 7 heteroatoms. The normalized spacial score (nSPS) is 15.7. The summed E-state index contributed by atoms with van der Waals surface area (Å²) in [5.41, 5.74) is 1.95. The van der Waals surface area contributed by atoms with Crippen molar-refractivity contribution < 1.29 is 13.2 Å². The van der Waals surface area contributed by atoms with E-state index < -0.39 is 9.84 Å². The summed E-state index contributed by atoms with van der Waals surface area (Å²) < 4.78 is 25.4. The van der Waals surface area contributed by atoms with Gasteiger partial charge in [-0.05, 0) is 42.9 Å². The molecule has 1 fully saturated rings. The molecule has 0 aliphatic heterocycles. The molecule has 0 atom stereocenters. The van der Waals surface area contributed by atoms with Crippen molar-refractivity contribution in [2.24, 2.45) is 5.92 Å². The number of hydrogen-bond donors (Lipinski definition) is 1. The van der Waals surface area contributed by atoms with E-state index in [0.717, 1.165) is 18.4 Å². The highest BCUT2D eigenvalue weighted by Gasteiger charge is 2.23. The summed E-state index contributed by atoms with van der Waals surface area (Å²) in [5, 5.41) is 7.38. The van der Waals surface area contributed by atoms with Gasteiger partial charge in [0.1, 0.15) is 5.69 Å². The van der Waals surface area contributed by atoms with Crippen LogP contribution in [0.15, 0.2) is 35.4 Å². The summed E-state index contributed by atoms with van der Waals surface area (Å²) in [6.07, 6.45) is 9.06. The van der Waals surface area contributed by atoms with Crippen molar-refractivity contribution in [3.05, 3.63) is 41.7 Å². The molecular weight excluding hydrogens is 374 g/mol. The molecule has 28 heavy (non-hydrogen) atoms. The first-order valence-corrected chi connectivity index (χ1v) is 11.8. The maximum Gasteiger partial charge on any atom is 0.274 e. The van der Waals surface area contributed by atoms with Crippen LogP contribution in [0.1, 0.15) is 67.9 Å². The van der Waals surface area contributed by atoms with Crippen LogP contribution in [0.5, 0.6) is 0 Å². The van der Waals surface area contributed by atoms with E-state index in [1.54, 1.807) is 18.3 Å². The lowest BCUT2D eigenvalue weighted by molar-refractivity contribution is 0.101. The first kappa shape index (κ1) is 20.6. The molecule has 1 N–H and O–H groups in total. The zero-order chi connectivity index (χ0) is 20.3. The highest BCUT2D eigenvalue weighted by atomic mass is 32.2. The van der Waals surface area contributed by atoms with Gasteiger partial charge in [0, 0.05) is 24.1 Å². The van der Waals surface area contributed by atoms with Gasteiger partial charge in [-0.15, -0.1) is 0 Å². The van der Waals surface area contributed by atoms with Gasteiger partial charge in [0.15, 0.2) is 9.84 Å². The van der Waals surface area contributed by atoms with Gasteiger partial charge < -0.3 is 5.32 Å². The third-order valence-electron chi connectivity index (χ3n) is 5.38. The molecule has 0 saturated heterocycles. The van der Waals surface area contributed by atoms with E-state index in [4.69, 9.17) is 0 Å². The minimum Gasteiger partial charge on any atom is -0.321 e. The fraction of sp³-hybridized carbons (Fsp3) is 0.524. The van der Waals surface area contributed by atoms with E-state index in [1.807, 2.05) is 18.5 Å². The third kappa shape index (κ3) is 4.82. The lowest BCUT2D eigenvalue weighted by atomic mass is 9.89. The minimum absolute atomic E-state index is 0.170. The predicted molar refractivity (Wildman–Crippen MR) is 110 cm³/mol. The summed E-state index contributed by atoms with van der Waals surface area (Å²) >= 11 is 0. The van der Waals surface area contributed by atoms with Crippen molar-refractivity contribution in [1.82, 2.24) is 9.78 Å². The third-order valence-corrected chi connectivity index (χ3v) is 6.49. The van der Waals surface area contributed by atoms with Crippen LogP contribution in [0.25, 0.3) is 0 Å². The Bertz CT molecular complexity index is 942. The van der Waals surface area contributed by atoms with Crippen LogP contribution in [-0.4, -0.2) is 30.4 Å². The van der Waals surface area contributed by atoms with Gasteiger partial charge in [-0.2, -0.15) is 5.10 Å². The maximum absolute atomic E-state index is 13.1. The molecule has 1 heterocycles. The smallest absolute Gasteiger partial charge is 0.274 e. The highest BCUT2D eigenvalue weighted by molar-refractivity contribution is 7.90. The van der Waals surface area contributed by atoms with Crippen molar-refractivity contribution in [2.75, 3.05) is 11.6 Å². The fourth-order valence-corrected chi connectivity index (χ4v) is 4.48. The number of nitrogens with zero attached hydrogens (tertiary/aromatic N) is 2. The number of sulfone groups is 1. The van der Waals surface area contributed by atoms with Gasteiger partial charge >= 0.3 is 0 Å². The second-order valence-corrected chi connectivity index (χ2v) is 10.1. The average molecular weight is 404 g/mol. The maximum atomic E-state index is 13.1. The van der Waals surface area contributed by atoms with E-state index in [9.17, 15) is 13.2 Å². The Kier molecular flexibility index (Phi) is 6.23.